The van der Waals surface area contributed by atoms with E-state index in [9.17, 15) is 9.59 Å². The highest BCUT2D eigenvalue weighted by atomic mass is 16.5. The number of anilines is 1. The minimum atomic E-state index is -0.541. The molecule has 1 aromatic rings. The first-order valence-electron chi connectivity index (χ1n) is 6.29. The molecule has 0 bridgehead atoms. The van der Waals surface area contributed by atoms with Crippen LogP contribution in [-0.4, -0.2) is 31.1 Å². The van der Waals surface area contributed by atoms with Gasteiger partial charge in [-0.3, -0.25) is 9.59 Å². The van der Waals surface area contributed by atoms with Gasteiger partial charge in [0.1, 0.15) is 6.10 Å². The molecular weight excluding hydrogens is 244 g/mol. The second-order valence-electron chi connectivity index (χ2n) is 4.88. The average molecular weight is 262 g/mol. The summed E-state index contributed by atoms with van der Waals surface area (Å²) in [5.74, 6) is -0.297. The number of carbonyl (C=O) groups is 2. The van der Waals surface area contributed by atoms with E-state index in [0.717, 1.165) is 5.56 Å². The lowest BCUT2D eigenvalue weighted by molar-refractivity contribution is -0.126. The van der Waals surface area contributed by atoms with Crippen LogP contribution >= 0.6 is 0 Å². The third-order valence-electron chi connectivity index (χ3n) is 3.06. The van der Waals surface area contributed by atoms with E-state index < -0.39 is 6.10 Å². The predicted molar refractivity (Wildman–Crippen MR) is 72.2 cm³/mol. The van der Waals surface area contributed by atoms with Crippen molar-refractivity contribution in [2.45, 2.75) is 32.4 Å². The largest absolute Gasteiger partial charge is 0.371 e. The molecule has 1 atom stereocenters. The number of hydrogen-bond acceptors (Lipinski definition) is 3. The van der Waals surface area contributed by atoms with E-state index >= 15 is 0 Å². The lowest BCUT2D eigenvalue weighted by atomic mass is 9.95. The van der Waals surface area contributed by atoms with Crippen LogP contribution in [0.1, 0.15) is 29.8 Å². The molecule has 0 fully saturated rings. The summed E-state index contributed by atoms with van der Waals surface area (Å²) in [6, 6.07) is 5.40. The highest BCUT2D eigenvalue weighted by molar-refractivity contribution is 6.02. The van der Waals surface area contributed by atoms with Crippen molar-refractivity contribution in [3.05, 3.63) is 29.3 Å². The van der Waals surface area contributed by atoms with Gasteiger partial charge >= 0.3 is 0 Å². The number of carbonyl (C=O) groups excluding carboxylic acids is 2. The Hall–Kier alpha value is -1.88. The summed E-state index contributed by atoms with van der Waals surface area (Å²) in [5.41, 5.74) is 2.11. The van der Waals surface area contributed by atoms with E-state index in [-0.39, 0.29) is 17.9 Å². The van der Waals surface area contributed by atoms with E-state index in [1.165, 1.54) is 7.11 Å². The molecule has 0 saturated carbocycles. The number of fused-ring (bicyclic) bond motifs is 1. The molecule has 102 valence electrons. The summed E-state index contributed by atoms with van der Waals surface area (Å²) in [5, 5.41) is 5.63. The third kappa shape index (κ3) is 2.76. The summed E-state index contributed by atoms with van der Waals surface area (Å²) in [4.78, 5) is 23.8. The molecule has 0 saturated heterocycles. The summed E-state index contributed by atoms with van der Waals surface area (Å²) in [7, 11) is 1.49. The minimum absolute atomic E-state index is 0.0692. The average Bonchev–Trinajstić information content (AvgIpc) is 2.36. The molecule has 2 N–H and O–H groups in total. The van der Waals surface area contributed by atoms with Gasteiger partial charge in [-0.1, -0.05) is 6.07 Å². The SMILES string of the molecule is COC1Cc2c(cccc2C(=O)NC(C)C)NC1=O. The molecular formula is C14H18N2O3. The highest BCUT2D eigenvalue weighted by Gasteiger charge is 2.29. The Morgan fingerprint density at radius 2 is 2.21 bits per heavy atom. The number of ether oxygens (including phenoxy) is 1. The molecule has 0 aromatic heterocycles. The topological polar surface area (TPSA) is 67.4 Å². The monoisotopic (exact) mass is 262 g/mol. The van der Waals surface area contributed by atoms with Crippen LogP contribution in [0.4, 0.5) is 5.69 Å². The number of nitrogens with one attached hydrogen (secondary N) is 2. The van der Waals surface area contributed by atoms with E-state index in [1.54, 1.807) is 18.2 Å². The second-order valence-corrected chi connectivity index (χ2v) is 4.88. The first-order valence-corrected chi connectivity index (χ1v) is 6.29. The smallest absolute Gasteiger partial charge is 0.253 e. The molecule has 1 aliphatic rings. The van der Waals surface area contributed by atoms with Crippen LogP contribution in [0.3, 0.4) is 0 Å². The Morgan fingerprint density at radius 1 is 1.47 bits per heavy atom. The number of methoxy groups -OCH3 is 1. The summed E-state index contributed by atoms with van der Waals surface area (Å²) in [6.07, 6.45) is -0.125. The maximum absolute atomic E-state index is 12.1. The molecule has 1 heterocycles. The van der Waals surface area contributed by atoms with Crippen molar-refractivity contribution in [1.82, 2.24) is 5.32 Å². The maximum Gasteiger partial charge on any atom is 0.253 e. The zero-order chi connectivity index (χ0) is 14.0. The van der Waals surface area contributed by atoms with Gasteiger partial charge in [-0.15, -0.1) is 0 Å². The first kappa shape index (κ1) is 13.5. The van der Waals surface area contributed by atoms with Crippen molar-refractivity contribution in [1.29, 1.82) is 0 Å². The van der Waals surface area contributed by atoms with Gasteiger partial charge in [0.25, 0.3) is 11.8 Å². The van der Waals surface area contributed by atoms with E-state index in [0.29, 0.717) is 17.7 Å². The lowest BCUT2D eigenvalue weighted by Gasteiger charge is -2.25. The predicted octanol–water partition coefficient (Wildman–Crippen LogP) is 1.33. The fraction of sp³-hybridized carbons (Fsp3) is 0.429. The fourth-order valence-electron chi connectivity index (χ4n) is 2.16. The molecule has 1 unspecified atom stereocenters. The van der Waals surface area contributed by atoms with Crippen LogP contribution in [0.2, 0.25) is 0 Å². The third-order valence-corrected chi connectivity index (χ3v) is 3.06. The zero-order valence-electron chi connectivity index (χ0n) is 11.3. The molecule has 0 radical (unpaired) electrons. The Morgan fingerprint density at radius 3 is 2.84 bits per heavy atom. The van der Waals surface area contributed by atoms with Crippen LogP contribution in [0, 0.1) is 0 Å². The van der Waals surface area contributed by atoms with E-state index in [2.05, 4.69) is 10.6 Å². The van der Waals surface area contributed by atoms with Crippen LogP contribution in [0.5, 0.6) is 0 Å². The molecule has 2 amide bonds. The molecule has 1 aliphatic heterocycles. The quantitative estimate of drug-likeness (QED) is 0.863. The Labute approximate surface area is 112 Å². The van der Waals surface area contributed by atoms with Crippen LogP contribution in [-0.2, 0) is 16.0 Å². The number of rotatable bonds is 3. The van der Waals surface area contributed by atoms with Gasteiger partial charge in [-0.2, -0.15) is 0 Å². The van der Waals surface area contributed by atoms with Gasteiger partial charge in [-0.05, 0) is 31.5 Å². The van der Waals surface area contributed by atoms with Crippen molar-refractivity contribution in [2.24, 2.45) is 0 Å². The molecule has 19 heavy (non-hydrogen) atoms. The molecule has 1 aromatic carbocycles. The Kier molecular flexibility index (Phi) is 3.85. The fourth-order valence-corrected chi connectivity index (χ4v) is 2.16. The van der Waals surface area contributed by atoms with Crippen LogP contribution < -0.4 is 10.6 Å². The van der Waals surface area contributed by atoms with Crippen LogP contribution in [0.15, 0.2) is 18.2 Å². The van der Waals surface area contributed by atoms with Gasteiger partial charge in [-0.25, -0.2) is 0 Å². The molecule has 5 nitrogen and oxygen atoms in total. The lowest BCUT2D eigenvalue weighted by Crippen LogP contribution is -2.38. The molecule has 0 spiro atoms. The van der Waals surface area contributed by atoms with Crippen molar-refractivity contribution in [2.75, 3.05) is 12.4 Å². The van der Waals surface area contributed by atoms with E-state index in [4.69, 9.17) is 4.74 Å². The number of amides is 2. The second kappa shape index (κ2) is 5.40. The van der Waals surface area contributed by atoms with Gasteiger partial charge < -0.3 is 15.4 Å². The molecule has 0 aliphatic carbocycles. The highest BCUT2D eigenvalue weighted by Crippen LogP contribution is 2.27. The molecule has 2 rings (SSSR count). The van der Waals surface area contributed by atoms with Crippen LogP contribution in [0.25, 0.3) is 0 Å². The van der Waals surface area contributed by atoms with Gasteiger partial charge in [0, 0.05) is 30.8 Å². The summed E-state index contributed by atoms with van der Waals surface area (Å²) in [6.45, 7) is 3.82. The number of hydrogen-bond donors (Lipinski definition) is 2. The molecule has 5 heteroatoms. The normalized spacial score (nSPS) is 17.9. The Balaban J connectivity index is 2.35. The summed E-state index contributed by atoms with van der Waals surface area (Å²) < 4.78 is 5.13. The maximum atomic E-state index is 12.1. The van der Waals surface area contributed by atoms with E-state index in [1.807, 2.05) is 13.8 Å². The van der Waals surface area contributed by atoms with Crippen molar-refractivity contribution in [3.63, 3.8) is 0 Å². The van der Waals surface area contributed by atoms with Crippen molar-refractivity contribution in [3.8, 4) is 0 Å². The van der Waals surface area contributed by atoms with Gasteiger partial charge in [0.05, 0.1) is 0 Å². The Bertz CT molecular complexity index is 511. The number of benzene rings is 1. The van der Waals surface area contributed by atoms with Gasteiger partial charge in [0.2, 0.25) is 0 Å². The van der Waals surface area contributed by atoms with Gasteiger partial charge in [0.15, 0.2) is 0 Å². The summed E-state index contributed by atoms with van der Waals surface area (Å²) >= 11 is 0. The first-order chi connectivity index (χ1) is 9.02. The van der Waals surface area contributed by atoms with Crippen molar-refractivity contribution < 1.29 is 14.3 Å². The minimum Gasteiger partial charge on any atom is -0.371 e. The zero-order valence-corrected chi connectivity index (χ0v) is 11.3. The van der Waals surface area contributed by atoms with Crippen molar-refractivity contribution >= 4 is 17.5 Å². The standard InChI is InChI=1S/C14H18N2O3/c1-8(2)15-13(17)9-5-4-6-11-10(9)7-12(19-3)14(18)16-11/h4-6,8,12H,7H2,1-3H3,(H,15,17)(H,16,18).